The van der Waals surface area contributed by atoms with Gasteiger partial charge in [0.25, 0.3) is 0 Å². The summed E-state index contributed by atoms with van der Waals surface area (Å²) in [6.45, 7) is 0. The first-order chi connectivity index (χ1) is 6.83. The van der Waals surface area contributed by atoms with Gasteiger partial charge in [-0.1, -0.05) is 0 Å². The van der Waals surface area contributed by atoms with Crippen molar-refractivity contribution < 1.29 is 0 Å². The summed E-state index contributed by atoms with van der Waals surface area (Å²) in [5.74, 6) is 0.899. The van der Waals surface area contributed by atoms with Gasteiger partial charge in [0.05, 0.1) is 5.69 Å². The fourth-order valence-electron chi connectivity index (χ4n) is 1.53. The first-order valence-corrected chi connectivity index (χ1v) is 4.47. The Bertz CT molecular complexity index is 389. The van der Waals surface area contributed by atoms with Gasteiger partial charge in [0, 0.05) is 25.6 Å². The molecule has 2 N–H and O–H groups in total. The molecule has 0 radical (unpaired) electrons. The Hall–Kier alpha value is -1.62. The highest BCUT2D eigenvalue weighted by atomic mass is 15.3. The molecule has 1 atom stereocenters. The van der Waals surface area contributed by atoms with Gasteiger partial charge in [0.15, 0.2) is 0 Å². The quantitative estimate of drug-likeness (QED) is 0.740. The van der Waals surface area contributed by atoms with Crippen molar-refractivity contribution >= 4 is 0 Å². The second-order valence-electron chi connectivity index (χ2n) is 3.08. The summed E-state index contributed by atoms with van der Waals surface area (Å²) in [7, 11) is 3.82. The summed E-state index contributed by atoms with van der Waals surface area (Å²) in [5.41, 5.74) is 1.09. The van der Waals surface area contributed by atoms with Crippen LogP contribution in [-0.4, -0.2) is 26.8 Å². The van der Waals surface area contributed by atoms with Gasteiger partial charge in [-0.2, -0.15) is 5.10 Å². The molecule has 0 fully saturated rings. The molecule has 0 aromatic carbocycles. The molecule has 1 unspecified atom stereocenters. The third kappa shape index (κ3) is 1.42. The summed E-state index contributed by atoms with van der Waals surface area (Å²) in [6.07, 6.45) is 5.34. The van der Waals surface area contributed by atoms with E-state index in [4.69, 9.17) is 0 Å². The molecule has 74 valence electrons. The maximum atomic E-state index is 4.23. The Balaban J connectivity index is 2.36. The molecule has 0 aliphatic carbocycles. The number of rotatable bonds is 3. The summed E-state index contributed by atoms with van der Waals surface area (Å²) in [6, 6.07) is 2.04. The third-order valence-electron chi connectivity index (χ3n) is 2.24. The maximum absolute atomic E-state index is 4.23. The van der Waals surface area contributed by atoms with Gasteiger partial charge in [-0.05, 0) is 13.1 Å². The SMILES string of the molecule is CNC(c1ncc[nH]1)c1ccnn1C. The number of imidazole rings is 1. The zero-order valence-corrected chi connectivity index (χ0v) is 8.23. The van der Waals surface area contributed by atoms with Gasteiger partial charge in [-0.15, -0.1) is 0 Å². The van der Waals surface area contributed by atoms with E-state index >= 15 is 0 Å². The topological polar surface area (TPSA) is 58.5 Å². The van der Waals surface area contributed by atoms with Gasteiger partial charge in [0.2, 0.25) is 0 Å². The van der Waals surface area contributed by atoms with Gasteiger partial charge in [-0.25, -0.2) is 4.98 Å². The molecule has 0 amide bonds. The number of aromatic nitrogens is 4. The molecule has 0 aliphatic rings. The van der Waals surface area contributed by atoms with Gasteiger partial charge < -0.3 is 10.3 Å². The van der Waals surface area contributed by atoms with E-state index in [0.29, 0.717) is 0 Å². The largest absolute Gasteiger partial charge is 0.347 e. The summed E-state index contributed by atoms with van der Waals surface area (Å²) in [4.78, 5) is 7.31. The highest BCUT2D eigenvalue weighted by Gasteiger charge is 2.16. The minimum absolute atomic E-state index is 0.0671. The Morgan fingerprint density at radius 2 is 2.36 bits per heavy atom. The highest BCUT2D eigenvalue weighted by Crippen LogP contribution is 2.16. The highest BCUT2D eigenvalue weighted by molar-refractivity contribution is 5.16. The van der Waals surface area contributed by atoms with Crippen molar-refractivity contribution in [3.05, 3.63) is 36.2 Å². The smallest absolute Gasteiger partial charge is 0.129 e. The molecule has 2 rings (SSSR count). The number of hydrogen-bond acceptors (Lipinski definition) is 3. The van der Waals surface area contributed by atoms with Crippen LogP contribution in [0, 0.1) is 0 Å². The molecule has 2 aromatic heterocycles. The van der Waals surface area contributed by atoms with E-state index < -0.39 is 0 Å². The molecule has 0 saturated heterocycles. The third-order valence-corrected chi connectivity index (χ3v) is 2.24. The van der Waals surface area contributed by atoms with Crippen LogP contribution in [0.5, 0.6) is 0 Å². The summed E-state index contributed by atoms with van der Waals surface area (Å²) < 4.78 is 1.84. The van der Waals surface area contributed by atoms with Crippen molar-refractivity contribution in [2.45, 2.75) is 6.04 Å². The van der Waals surface area contributed by atoms with Crippen LogP contribution < -0.4 is 5.32 Å². The van der Waals surface area contributed by atoms with E-state index in [1.54, 1.807) is 12.4 Å². The van der Waals surface area contributed by atoms with Crippen LogP contribution in [0.25, 0.3) is 0 Å². The monoisotopic (exact) mass is 191 g/mol. The second-order valence-corrected chi connectivity index (χ2v) is 3.08. The molecule has 0 bridgehead atoms. The van der Waals surface area contributed by atoms with Crippen LogP contribution in [-0.2, 0) is 7.05 Å². The minimum Gasteiger partial charge on any atom is -0.347 e. The predicted molar refractivity (Wildman–Crippen MR) is 52.7 cm³/mol. The molecule has 0 saturated carbocycles. The van der Waals surface area contributed by atoms with Crippen LogP contribution in [0.15, 0.2) is 24.7 Å². The van der Waals surface area contributed by atoms with E-state index in [2.05, 4.69) is 20.4 Å². The van der Waals surface area contributed by atoms with E-state index in [9.17, 15) is 0 Å². The van der Waals surface area contributed by atoms with Crippen molar-refractivity contribution in [1.29, 1.82) is 0 Å². The minimum atomic E-state index is 0.0671. The molecular weight excluding hydrogens is 178 g/mol. The lowest BCUT2D eigenvalue weighted by Gasteiger charge is -2.13. The zero-order chi connectivity index (χ0) is 9.97. The molecule has 2 heterocycles. The molecule has 0 aliphatic heterocycles. The van der Waals surface area contributed by atoms with Gasteiger partial charge in [0.1, 0.15) is 11.9 Å². The van der Waals surface area contributed by atoms with Crippen molar-refractivity contribution in [3.63, 3.8) is 0 Å². The molecule has 5 heteroatoms. The lowest BCUT2D eigenvalue weighted by Crippen LogP contribution is -2.21. The van der Waals surface area contributed by atoms with E-state index in [1.165, 1.54) is 0 Å². The number of nitrogens with one attached hydrogen (secondary N) is 2. The number of hydrogen-bond donors (Lipinski definition) is 2. The molecule has 0 spiro atoms. The Kier molecular flexibility index (Phi) is 2.32. The Labute approximate surface area is 82.2 Å². The number of aromatic amines is 1. The van der Waals surface area contributed by atoms with E-state index in [0.717, 1.165) is 11.5 Å². The normalized spacial score (nSPS) is 13.0. The van der Waals surface area contributed by atoms with E-state index in [1.807, 2.05) is 31.0 Å². The molecule has 2 aromatic rings. The molecule has 14 heavy (non-hydrogen) atoms. The van der Waals surface area contributed by atoms with Gasteiger partial charge in [-0.3, -0.25) is 4.68 Å². The Morgan fingerprint density at radius 3 is 2.86 bits per heavy atom. The second kappa shape index (κ2) is 3.63. The fourth-order valence-corrected chi connectivity index (χ4v) is 1.53. The number of H-pyrrole nitrogens is 1. The fraction of sp³-hybridized carbons (Fsp3) is 0.333. The first-order valence-electron chi connectivity index (χ1n) is 4.47. The van der Waals surface area contributed by atoms with Crippen molar-refractivity contribution in [2.24, 2.45) is 7.05 Å². The zero-order valence-electron chi connectivity index (χ0n) is 8.23. The van der Waals surface area contributed by atoms with Crippen LogP contribution in [0.1, 0.15) is 17.6 Å². The molecular formula is C9H13N5. The lowest BCUT2D eigenvalue weighted by molar-refractivity contribution is 0.584. The van der Waals surface area contributed by atoms with E-state index in [-0.39, 0.29) is 6.04 Å². The van der Waals surface area contributed by atoms with Gasteiger partial charge >= 0.3 is 0 Å². The van der Waals surface area contributed by atoms with Crippen LogP contribution >= 0.6 is 0 Å². The first kappa shape index (κ1) is 8.96. The van der Waals surface area contributed by atoms with Crippen molar-refractivity contribution in [3.8, 4) is 0 Å². The summed E-state index contributed by atoms with van der Waals surface area (Å²) >= 11 is 0. The average Bonchev–Trinajstić information content (AvgIpc) is 2.80. The Morgan fingerprint density at radius 1 is 1.50 bits per heavy atom. The van der Waals surface area contributed by atoms with Crippen molar-refractivity contribution in [1.82, 2.24) is 25.1 Å². The maximum Gasteiger partial charge on any atom is 0.129 e. The lowest BCUT2D eigenvalue weighted by atomic mass is 10.2. The number of aryl methyl sites for hydroxylation is 1. The number of nitrogens with zero attached hydrogens (tertiary/aromatic N) is 3. The standard InChI is InChI=1S/C9H13N5/c1-10-8(9-11-5-6-12-9)7-3-4-13-14(7)2/h3-6,8,10H,1-2H3,(H,11,12). The van der Waals surface area contributed by atoms with Crippen molar-refractivity contribution in [2.75, 3.05) is 7.05 Å². The predicted octanol–water partition coefficient (Wildman–Crippen LogP) is 0.452. The van der Waals surface area contributed by atoms with Crippen LogP contribution in [0.2, 0.25) is 0 Å². The average molecular weight is 191 g/mol. The van der Waals surface area contributed by atoms with Crippen LogP contribution in [0.3, 0.4) is 0 Å². The molecule has 5 nitrogen and oxygen atoms in total. The van der Waals surface area contributed by atoms with Crippen LogP contribution in [0.4, 0.5) is 0 Å². The summed E-state index contributed by atoms with van der Waals surface area (Å²) in [5, 5.41) is 7.32.